The van der Waals surface area contributed by atoms with E-state index in [9.17, 15) is 4.79 Å². The summed E-state index contributed by atoms with van der Waals surface area (Å²) in [6.07, 6.45) is 2.00. The van der Waals surface area contributed by atoms with Gasteiger partial charge in [-0.1, -0.05) is 23.8 Å². The molecule has 1 saturated heterocycles. The van der Waals surface area contributed by atoms with Crippen molar-refractivity contribution in [3.8, 4) is 0 Å². The SMILES string of the molecule is NC(=S)c1ccc(Cl)cc1NC(=O)C1CCCS1. The molecule has 1 aliphatic rings. The zero-order valence-corrected chi connectivity index (χ0v) is 12.0. The van der Waals surface area contributed by atoms with Crippen LogP contribution in [0.1, 0.15) is 18.4 Å². The summed E-state index contributed by atoms with van der Waals surface area (Å²) in [6, 6.07) is 5.10. The van der Waals surface area contributed by atoms with Crippen LogP contribution in [0.3, 0.4) is 0 Å². The van der Waals surface area contributed by atoms with Gasteiger partial charge in [0.15, 0.2) is 0 Å². The molecule has 1 heterocycles. The van der Waals surface area contributed by atoms with Gasteiger partial charge in [0.2, 0.25) is 5.91 Å². The molecule has 0 radical (unpaired) electrons. The van der Waals surface area contributed by atoms with Gasteiger partial charge in [-0.05, 0) is 36.8 Å². The van der Waals surface area contributed by atoms with Gasteiger partial charge in [-0.25, -0.2) is 0 Å². The largest absolute Gasteiger partial charge is 0.389 e. The first-order valence-electron chi connectivity index (χ1n) is 5.60. The molecule has 1 atom stereocenters. The number of rotatable bonds is 3. The van der Waals surface area contributed by atoms with E-state index in [1.807, 2.05) is 0 Å². The molecule has 18 heavy (non-hydrogen) atoms. The minimum absolute atomic E-state index is 0.00253. The van der Waals surface area contributed by atoms with Gasteiger partial charge in [-0.2, -0.15) is 0 Å². The van der Waals surface area contributed by atoms with E-state index in [4.69, 9.17) is 29.6 Å². The Hall–Kier alpha value is -0.780. The van der Waals surface area contributed by atoms with Crippen molar-refractivity contribution in [1.29, 1.82) is 0 Å². The molecular formula is C12H13ClN2OS2. The summed E-state index contributed by atoms with van der Waals surface area (Å²) >= 11 is 12.6. The van der Waals surface area contributed by atoms with Crippen molar-refractivity contribution in [1.82, 2.24) is 0 Å². The molecule has 0 saturated carbocycles. The van der Waals surface area contributed by atoms with Crippen molar-refractivity contribution < 1.29 is 4.79 Å². The number of nitrogens with one attached hydrogen (secondary N) is 1. The number of carbonyl (C=O) groups is 1. The summed E-state index contributed by atoms with van der Waals surface area (Å²) in [5.74, 6) is 1.03. The third-order valence-corrected chi connectivity index (χ3v) is 4.56. The van der Waals surface area contributed by atoms with Gasteiger partial charge in [0.25, 0.3) is 0 Å². The van der Waals surface area contributed by atoms with Gasteiger partial charge < -0.3 is 11.1 Å². The Balaban J connectivity index is 2.19. The van der Waals surface area contributed by atoms with Gasteiger partial charge in [0, 0.05) is 10.6 Å². The molecule has 0 aromatic heterocycles. The first-order valence-corrected chi connectivity index (χ1v) is 7.43. The van der Waals surface area contributed by atoms with E-state index in [1.165, 1.54) is 0 Å². The van der Waals surface area contributed by atoms with Crippen molar-refractivity contribution in [2.45, 2.75) is 18.1 Å². The van der Waals surface area contributed by atoms with E-state index in [0.717, 1.165) is 18.6 Å². The molecule has 1 amide bonds. The Morgan fingerprint density at radius 3 is 2.94 bits per heavy atom. The van der Waals surface area contributed by atoms with Crippen LogP contribution in [0, 0.1) is 0 Å². The second-order valence-electron chi connectivity index (χ2n) is 4.05. The Labute approximate surface area is 120 Å². The number of hydrogen-bond acceptors (Lipinski definition) is 3. The number of benzene rings is 1. The van der Waals surface area contributed by atoms with E-state index < -0.39 is 0 Å². The van der Waals surface area contributed by atoms with Crippen molar-refractivity contribution in [2.75, 3.05) is 11.1 Å². The molecular weight excluding hydrogens is 288 g/mol. The van der Waals surface area contributed by atoms with Crippen LogP contribution in [-0.2, 0) is 4.79 Å². The minimum atomic E-state index is -0.00253. The van der Waals surface area contributed by atoms with Crippen LogP contribution < -0.4 is 11.1 Å². The normalized spacial score (nSPS) is 18.6. The molecule has 6 heteroatoms. The second-order valence-corrected chi connectivity index (χ2v) is 6.23. The van der Waals surface area contributed by atoms with Crippen LogP contribution in [0.2, 0.25) is 5.02 Å². The summed E-state index contributed by atoms with van der Waals surface area (Å²) < 4.78 is 0. The molecule has 0 spiro atoms. The molecule has 1 aromatic rings. The number of nitrogens with two attached hydrogens (primary N) is 1. The smallest absolute Gasteiger partial charge is 0.237 e. The molecule has 3 N–H and O–H groups in total. The van der Waals surface area contributed by atoms with Crippen LogP contribution in [-0.4, -0.2) is 21.9 Å². The van der Waals surface area contributed by atoms with E-state index in [2.05, 4.69) is 5.32 Å². The van der Waals surface area contributed by atoms with Crippen LogP contribution in [0.4, 0.5) is 5.69 Å². The van der Waals surface area contributed by atoms with Crippen molar-refractivity contribution in [2.24, 2.45) is 5.73 Å². The summed E-state index contributed by atoms with van der Waals surface area (Å²) in [5, 5.41) is 3.43. The summed E-state index contributed by atoms with van der Waals surface area (Å²) in [6.45, 7) is 0. The Morgan fingerprint density at radius 2 is 2.33 bits per heavy atom. The Morgan fingerprint density at radius 1 is 1.56 bits per heavy atom. The molecule has 3 nitrogen and oxygen atoms in total. The quantitative estimate of drug-likeness (QED) is 0.843. The molecule has 0 bridgehead atoms. The predicted molar refractivity (Wildman–Crippen MR) is 81.4 cm³/mol. The van der Waals surface area contributed by atoms with Crippen molar-refractivity contribution >= 4 is 52.2 Å². The average molecular weight is 301 g/mol. The molecule has 2 rings (SSSR count). The van der Waals surface area contributed by atoms with Crippen LogP contribution in [0.5, 0.6) is 0 Å². The molecule has 96 valence electrons. The van der Waals surface area contributed by atoms with Gasteiger partial charge in [-0.15, -0.1) is 11.8 Å². The summed E-state index contributed by atoms with van der Waals surface area (Å²) in [4.78, 5) is 12.3. The average Bonchev–Trinajstić information content (AvgIpc) is 2.81. The van der Waals surface area contributed by atoms with Gasteiger partial charge in [0.05, 0.1) is 10.9 Å². The lowest BCUT2D eigenvalue weighted by atomic mass is 10.1. The lowest BCUT2D eigenvalue weighted by Crippen LogP contribution is -2.24. The predicted octanol–water partition coefficient (Wildman–Crippen LogP) is 2.81. The van der Waals surface area contributed by atoms with E-state index >= 15 is 0 Å². The minimum Gasteiger partial charge on any atom is -0.389 e. The molecule has 1 unspecified atom stereocenters. The number of thiocarbonyl (C=S) groups is 1. The zero-order chi connectivity index (χ0) is 13.1. The highest BCUT2D eigenvalue weighted by atomic mass is 35.5. The third-order valence-electron chi connectivity index (χ3n) is 2.73. The van der Waals surface area contributed by atoms with E-state index in [0.29, 0.717) is 16.3 Å². The highest BCUT2D eigenvalue weighted by Crippen LogP contribution is 2.28. The fourth-order valence-electron chi connectivity index (χ4n) is 1.83. The zero-order valence-electron chi connectivity index (χ0n) is 9.61. The summed E-state index contributed by atoms with van der Waals surface area (Å²) in [7, 11) is 0. The molecule has 1 fully saturated rings. The highest BCUT2D eigenvalue weighted by Gasteiger charge is 2.24. The Kier molecular flexibility index (Phi) is 4.48. The Bertz CT molecular complexity index is 487. The lowest BCUT2D eigenvalue weighted by Gasteiger charge is -2.13. The lowest BCUT2D eigenvalue weighted by molar-refractivity contribution is -0.115. The fourth-order valence-corrected chi connectivity index (χ4v) is 3.34. The third kappa shape index (κ3) is 3.16. The molecule has 0 aliphatic carbocycles. The summed E-state index contributed by atoms with van der Waals surface area (Å²) in [5.41, 5.74) is 6.86. The number of hydrogen-bond donors (Lipinski definition) is 2. The number of amides is 1. The van der Waals surface area contributed by atoms with Gasteiger partial charge in [0.1, 0.15) is 4.99 Å². The van der Waals surface area contributed by atoms with Crippen molar-refractivity contribution in [3.05, 3.63) is 28.8 Å². The number of anilines is 1. The highest BCUT2D eigenvalue weighted by molar-refractivity contribution is 8.00. The van der Waals surface area contributed by atoms with Crippen LogP contribution >= 0.6 is 35.6 Å². The maximum absolute atomic E-state index is 12.0. The topological polar surface area (TPSA) is 55.1 Å². The standard InChI is InChI=1S/C12H13ClN2OS2/c13-7-3-4-8(11(14)17)9(6-7)15-12(16)10-2-1-5-18-10/h3-4,6,10H,1-2,5H2,(H2,14,17)(H,15,16). The number of carbonyl (C=O) groups excluding carboxylic acids is 1. The maximum atomic E-state index is 12.0. The fraction of sp³-hybridized carbons (Fsp3) is 0.333. The van der Waals surface area contributed by atoms with E-state index in [-0.39, 0.29) is 16.1 Å². The monoisotopic (exact) mass is 300 g/mol. The van der Waals surface area contributed by atoms with Crippen LogP contribution in [0.25, 0.3) is 0 Å². The van der Waals surface area contributed by atoms with Crippen LogP contribution in [0.15, 0.2) is 18.2 Å². The maximum Gasteiger partial charge on any atom is 0.237 e. The van der Waals surface area contributed by atoms with E-state index in [1.54, 1.807) is 30.0 Å². The van der Waals surface area contributed by atoms with Gasteiger partial charge >= 0.3 is 0 Å². The second kappa shape index (κ2) is 5.91. The first kappa shape index (κ1) is 13.6. The molecule has 1 aliphatic heterocycles. The number of halogens is 1. The van der Waals surface area contributed by atoms with Crippen molar-refractivity contribution in [3.63, 3.8) is 0 Å². The molecule has 1 aromatic carbocycles. The first-order chi connectivity index (χ1) is 8.58. The van der Waals surface area contributed by atoms with Gasteiger partial charge in [-0.3, -0.25) is 4.79 Å². The number of thioether (sulfide) groups is 1.